The van der Waals surface area contributed by atoms with Gasteiger partial charge in [0.2, 0.25) is 0 Å². The molecule has 1 aromatic heterocycles. The molecule has 4 nitrogen and oxygen atoms in total. The van der Waals surface area contributed by atoms with Crippen LogP contribution < -0.4 is 5.73 Å². The molecule has 0 saturated heterocycles. The summed E-state index contributed by atoms with van der Waals surface area (Å²) in [5.41, 5.74) is 7.22. The van der Waals surface area contributed by atoms with Gasteiger partial charge in [-0.05, 0) is 0 Å². The van der Waals surface area contributed by atoms with Gasteiger partial charge in [-0.3, -0.25) is 0 Å². The number of hydrogen-bond acceptors (Lipinski definition) is 3. The number of nitrogen functional groups attached to an aromatic ring is 1. The molecule has 2 N–H and O–H groups in total. The van der Waals surface area contributed by atoms with Crippen molar-refractivity contribution in [2.45, 2.75) is 0 Å². The maximum atomic E-state index is 11.3. The van der Waals surface area contributed by atoms with Crippen LogP contribution >= 0.6 is 0 Å². The molecule has 0 unspecified atom stereocenters. The van der Waals surface area contributed by atoms with E-state index in [1.807, 2.05) is 0 Å². The molecule has 1 rings (SSSR count). The molecule has 0 radical (unpaired) electrons. The molecular weight excluding hydrogens is 168 g/mol. The lowest BCUT2D eigenvalue weighted by atomic mass is 10.2. The highest BCUT2D eigenvalue weighted by atomic mass is 16.5. The number of ether oxygens (including phenoxy) is 1. The molecule has 0 atom stereocenters. The SMILES string of the molecule is C=Cc1c(N)cn(C)c1C(=O)OC. The molecule has 70 valence electrons. The van der Waals surface area contributed by atoms with E-state index in [0.717, 1.165) is 0 Å². The van der Waals surface area contributed by atoms with Gasteiger partial charge in [0.25, 0.3) is 0 Å². The highest BCUT2D eigenvalue weighted by Gasteiger charge is 2.16. The third-order valence-corrected chi connectivity index (χ3v) is 1.83. The van der Waals surface area contributed by atoms with Crippen LogP contribution in [-0.4, -0.2) is 17.6 Å². The summed E-state index contributed by atoms with van der Waals surface area (Å²) < 4.78 is 6.23. The van der Waals surface area contributed by atoms with Crippen LogP contribution in [0.25, 0.3) is 6.08 Å². The van der Waals surface area contributed by atoms with E-state index < -0.39 is 5.97 Å². The zero-order valence-corrected chi connectivity index (χ0v) is 7.70. The molecule has 0 amide bonds. The molecule has 13 heavy (non-hydrogen) atoms. The Morgan fingerprint density at radius 3 is 2.85 bits per heavy atom. The average molecular weight is 180 g/mol. The van der Waals surface area contributed by atoms with Gasteiger partial charge < -0.3 is 15.0 Å². The maximum absolute atomic E-state index is 11.3. The molecule has 0 aliphatic rings. The normalized spacial score (nSPS) is 9.69. The van der Waals surface area contributed by atoms with Crippen LogP contribution in [0.2, 0.25) is 0 Å². The summed E-state index contributed by atoms with van der Waals surface area (Å²) in [5.74, 6) is -0.408. The predicted molar refractivity (Wildman–Crippen MR) is 51.3 cm³/mol. The second-order valence-electron chi connectivity index (χ2n) is 2.65. The Morgan fingerprint density at radius 2 is 2.38 bits per heavy atom. The van der Waals surface area contributed by atoms with Crippen molar-refractivity contribution in [3.8, 4) is 0 Å². The number of methoxy groups -OCH3 is 1. The summed E-state index contributed by atoms with van der Waals surface area (Å²) in [6.07, 6.45) is 3.20. The van der Waals surface area contributed by atoms with E-state index in [-0.39, 0.29) is 0 Å². The minimum Gasteiger partial charge on any atom is -0.464 e. The van der Waals surface area contributed by atoms with E-state index in [9.17, 15) is 4.79 Å². The first-order valence-electron chi connectivity index (χ1n) is 3.77. The molecule has 0 saturated carbocycles. The van der Waals surface area contributed by atoms with Gasteiger partial charge in [-0.15, -0.1) is 0 Å². The van der Waals surface area contributed by atoms with Crippen LogP contribution in [0.15, 0.2) is 12.8 Å². The zero-order valence-electron chi connectivity index (χ0n) is 7.70. The van der Waals surface area contributed by atoms with E-state index >= 15 is 0 Å². The zero-order chi connectivity index (χ0) is 10.0. The number of nitrogens with zero attached hydrogens (tertiary/aromatic N) is 1. The van der Waals surface area contributed by atoms with Gasteiger partial charge in [0.05, 0.1) is 12.8 Å². The molecule has 0 aromatic carbocycles. The number of nitrogens with two attached hydrogens (primary N) is 1. The van der Waals surface area contributed by atoms with Crippen molar-refractivity contribution in [1.29, 1.82) is 0 Å². The van der Waals surface area contributed by atoms with Crippen molar-refractivity contribution >= 4 is 17.7 Å². The van der Waals surface area contributed by atoms with Gasteiger partial charge in [-0.2, -0.15) is 0 Å². The first-order chi connectivity index (χ1) is 6.11. The third kappa shape index (κ3) is 1.42. The lowest BCUT2D eigenvalue weighted by Crippen LogP contribution is -2.08. The minimum absolute atomic E-state index is 0.408. The molecule has 0 aliphatic heterocycles. The van der Waals surface area contributed by atoms with E-state index in [1.54, 1.807) is 23.9 Å². The lowest BCUT2D eigenvalue weighted by molar-refractivity contribution is 0.0589. The quantitative estimate of drug-likeness (QED) is 0.692. The lowest BCUT2D eigenvalue weighted by Gasteiger charge is -2.01. The van der Waals surface area contributed by atoms with Crippen LogP contribution in [-0.2, 0) is 11.8 Å². The van der Waals surface area contributed by atoms with E-state index in [2.05, 4.69) is 11.3 Å². The number of anilines is 1. The Labute approximate surface area is 76.6 Å². The largest absolute Gasteiger partial charge is 0.464 e. The number of esters is 1. The minimum atomic E-state index is -0.408. The highest BCUT2D eigenvalue weighted by molar-refractivity contribution is 5.94. The molecule has 0 fully saturated rings. The van der Waals surface area contributed by atoms with Gasteiger partial charge in [-0.1, -0.05) is 12.7 Å². The molecular formula is C9H12N2O2. The topological polar surface area (TPSA) is 57.2 Å². The van der Waals surface area contributed by atoms with E-state index in [0.29, 0.717) is 16.9 Å². The monoisotopic (exact) mass is 180 g/mol. The van der Waals surface area contributed by atoms with Crippen LogP contribution in [0.1, 0.15) is 16.1 Å². The molecule has 0 bridgehead atoms. The average Bonchev–Trinajstić information content (AvgIpc) is 2.39. The number of hydrogen-bond donors (Lipinski definition) is 1. The van der Waals surface area contributed by atoms with E-state index in [1.165, 1.54) is 7.11 Å². The molecule has 0 spiro atoms. The van der Waals surface area contributed by atoms with Crippen molar-refractivity contribution in [3.05, 3.63) is 24.0 Å². The van der Waals surface area contributed by atoms with Crippen molar-refractivity contribution in [2.75, 3.05) is 12.8 Å². The van der Waals surface area contributed by atoms with Crippen molar-refractivity contribution in [3.63, 3.8) is 0 Å². The maximum Gasteiger partial charge on any atom is 0.355 e. The van der Waals surface area contributed by atoms with Gasteiger partial charge in [-0.25, -0.2) is 4.79 Å². The molecule has 0 aliphatic carbocycles. The van der Waals surface area contributed by atoms with Crippen molar-refractivity contribution in [2.24, 2.45) is 7.05 Å². The first kappa shape index (κ1) is 9.38. The van der Waals surface area contributed by atoms with Gasteiger partial charge in [0, 0.05) is 18.8 Å². The number of carbonyl (C=O) groups is 1. The van der Waals surface area contributed by atoms with Crippen LogP contribution in [0, 0.1) is 0 Å². The number of aromatic nitrogens is 1. The molecule has 4 heteroatoms. The Bertz CT molecular complexity index is 353. The van der Waals surface area contributed by atoms with Gasteiger partial charge in [0.1, 0.15) is 5.69 Å². The summed E-state index contributed by atoms with van der Waals surface area (Å²) in [4.78, 5) is 11.3. The Morgan fingerprint density at radius 1 is 1.77 bits per heavy atom. The number of carbonyl (C=O) groups excluding carboxylic acids is 1. The second-order valence-corrected chi connectivity index (χ2v) is 2.65. The number of aryl methyl sites for hydroxylation is 1. The second kappa shape index (κ2) is 3.35. The van der Waals surface area contributed by atoms with Crippen LogP contribution in [0.3, 0.4) is 0 Å². The summed E-state index contributed by atoms with van der Waals surface area (Å²) in [6.45, 7) is 3.58. The van der Waals surface area contributed by atoms with E-state index in [4.69, 9.17) is 5.73 Å². The smallest absolute Gasteiger partial charge is 0.355 e. The fourth-order valence-electron chi connectivity index (χ4n) is 1.23. The Kier molecular flexibility index (Phi) is 2.41. The van der Waals surface area contributed by atoms with Crippen LogP contribution in [0.4, 0.5) is 5.69 Å². The number of rotatable bonds is 2. The third-order valence-electron chi connectivity index (χ3n) is 1.83. The predicted octanol–water partition coefficient (Wildman–Crippen LogP) is 1.04. The van der Waals surface area contributed by atoms with Crippen LogP contribution in [0.5, 0.6) is 0 Å². The summed E-state index contributed by atoms with van der Waals surface area (Å²) in [6, 6.07) is 0. The molecule has 1 aromatic rings. The van der Waals surface area contributed by atoms with Gasteiger partial charge >= 0.3 is 5.97 Å². The Balaban J connectivity index is 3.32. The standard InChI is InChI=1S/C9H12N2O2/c1-4-6-7(10)5-11(2)8(6)9(12)13-3/h4-5H,1,10H2,2-3H3. The van der Waals surface area contributed by atoms with Crippen molar-refractivity contribution in [1.82, 2.24) is 4.57 Å². The summed E-state index contributed by atoms with van der Waals surface area (Å²) in [5, 5.41) is 0. The summed E-state index contributed by atoms with van der Waals surface area (Å²) >= 11 is 0. The van der Waals surface area contributed by atoms with Crippen molar-refractivity contribution < 1.29 is 9.53 Å². The highest BCUT2D eigenvalue weighted by Crippen LogP contribution is 2.20. The fourth-order valence-corrected chi connectivity index (χ4v) is 1.23. The Hall–Kier alpha value is -1.71. The van der Waals surface area contributed by atoms with Gasteiger partial charge in [0.15, 0.2) is 0 Å². The molecule has 1 heterocycles. The summed E-state index contributed by atoms with van der Waals surface area (Å²) in [7, 11) is 3.06. The fraction of sp³-hybridized carbons (Fsp3) is 0.222. The first-order valence-corrected chi connectivity index (χ1v) is 3.77.